The molecule has 1 aromatic rings. The van der Waals surface area contributed by atoms with Gasteiger partial charge in [-0.1, -0.05) is 24.3 Å². The second kappa shape index (κ2) is 13.8. The molecular formula is C21H35IN4O2. The predicted octanol–water partition coefficient (Wildman–Crippen LogP) is 3.15. The van der Waals surface area contributed by atoms with E-state index in [1.807, 2.05) is 13.0 Å². The van der Waals surface area contributed by atoms with Crippen molar-refractivity contribution in [3.05, 3.63) is 35.4 Å². The van der Waals surface area contributed by atoms with Crippen LogP contribution < -0.4 is 10.6 Å². The number of amides is 1. The van der Waals surface area contributed by atoms with E-state index in [0.29, 0.717) is 32.1 Å². The van der Waals surface area contributed by atoms with E-state index in [9.17, 15) is 4.79 Å². The third kappa shape index (κ3) is 7.95. The van der Waals surface area contributed by atoms with Crippen molar-refractivity contribution in [2.45, 2.75) is 46.3 Å². The lowest BCUT2D eigenvalue weighted by atomic mass is 9.93. The SMILES string of the molecule is CCNC(=NCc1ccccc1COCC)N1CCC(CC(=O)NC)CC1.I. The van der Waals surface area contributed by atoms with Gasteiger partial charge in [0.05, 0.1) is 13.2 Å². The van der Waals surface area contributed by atoms with Crippen molar-refractivity contribution >= 4 is 35.8 Å². The normalized spacial score (nSPS) is 15.1. The summed E-state index contributed by atoms with van der Waals surface area (Å²) < 4.78 is 5.58. The number of guanidine groups is 1. The van der Waals surface area contributed by atoms with Crippen molar-refractivity contribution < 1.29 is 9.53 Å². The summed E-state index contributed by atoms with van der Waals surface area (Å²) in [6.45, 7) is 8.81. The number of benzene rings is 1. The number of carbonyl (C=O) groups is 1. The number of piperidine rings is 1. The molecule has 158 valence electrons. The van der Waals surface area contributed by atoms with Crippen molar-refractivity contribution in [3.8, 4) is 0 Å². The Morgan fingerprint density at radius 3 is 2.50 bits per heavy atom. The third-order valence-electron chi connectivity index (χ3n) is 4.98. The smallest absolute Gasteiger partial charge is 0.220 e. The van der Waals surface area contributed by atoms with Gasteiger partial charge in [0.1, 0.15) is 0 Å². The van der Waals surface area contributed by atoms with Crippen molar-refractivity contribution in [2.75, 3.05) is 33.3 Å². The van der Waals surface area contributed by atoms with E-state index >= 15 is 0 Å². The van der Waals surface area contributed by atoms with Crippen LogP contribution in [-0.4, -0.2) is 50.1 Å². The Morgan fingerprint density at radius 2 is 1.89 bits per heavy atom. The number of likely N-dealkylation sites (tertiary alicyclic amines) is 1. The molecule has 1 aromatic carbocycles. The minimum atomic E-state index is 0. The standard InChI is InChI=1S/C21H34N4O2.HI/c1-4-23-21(25-12-10-17(11-13-25)14-20(26)22-3)24-15-18-8-6-7-9-19(18)16-27-5-2;/h6-9,17H,4-5,10-16H2,1-3H3,(H,22,26)(H,23,24);1H. The quantitative estimate of drug-likeness (QED) is 0.326. The van der Waals surface area contributed by atoms with E-state index < -0.39 is 0 Å². The molecule has 2 rings (SSSR count). The fourth-order valence-electron chi connectivity index (χ4n) is 3.36. The highest BCUT2D eigenvalue weighted by Crippen LogP contribution is 2.21. The number of rotatable bonds is 8. The van der Waals surface area contributed by atoms with E-state index in [-0.39, 0.29) is 29.9 Å². The van der Waals surface area contributed by atoms with Crippen LogP contribution in [0.1, 0.15) is 44.2 Å². The fourth-order valence-corrected chi connectivity index (χ4v) is 3.36. The highest BCUT2D eigenvalue weighted by molar-refractivity contribution is 14.0. The Bertz CT molecular complexity index is 616. The summed E-state index contributed by atoms with van der Waals surface area (Å²) in [5, 5.41) is 6.14. The maximum atomic E-state index is 11.6. The van der Waals surface area contributed by atoms with Crippen LogP contribution >= 0.6 is 24.0 Å². The Morgan fingerprint density at radius 1 is 1.21 bits per heavy atom. The lowest BCUT2D eigenvalue weighted by molar-refractivity contribution is -0.121. The second-order valence-corrected chi connectivity index (χ2v) is 6.88. The van der Waals surface area contributed by atoms with Gasteiger partial charge in [-0.05, 0) is 43.7 Å². The third-order valence-corrected chi connectivity index (χ3v) is 4.98. The topological polar surface area (TPSA) is 66.0 Å². The maximum Gasteiger partial charge on any atom is 0.220 e. The van der Waals surface area contributed by atoms with Crippen LogP contribution in [0.2, 0.25) is 0 Å². The first kappa shape index (κ1) is 24.7. The predicted molar refractivity (Wildman–Crippen MR) is 125 cm³/mol. The number of ether oxygens (including phenoxy) is 1. The van der Waals surface area contributed by atoms with Crippen LogP contribution in [0.4, 0.5) is 0 Å². The summed E-state index contributed by atoms with van der Waals surface area (Å²) in [4.78, 5) is 18.8. The molecular weight excluding hydrogens is 467 g/mol. The maximum absolute atomic E-state index is 11.6. The molecule has 0 unspecified atom stereocenters. The van der Waals surface area contributed by atoms with Gasteiger partial charge in [0.15, 0.2) is 5.96 Å². The van der Waals surface area contributed by atoms with E-state index in [2.05, 4.69) is 40.7 Å². The Hall–Kier alpha value is -1.35. The number of nitrogens with zero attached hydrogens (tertiary/aromatic N) is 2. The van der Waals surface area contributed by atoms with Crippen molar-refractivity contribution in [2.24, 2.45) is 10.9 Å². The molecule has 6 nitrogen and oxygen atoms in total. The van der Waals surface area contributed by atoms with E-state index in [1.54, 1.807) is 7.05 Å². The molecule has 0 spiro atoms. The minimum Gasteiger partial charge on any atom is -0.377 e. The Kier molecular flexibility index (Phi) is 12.1. The molecule has 1 aliphatic rings. The molecule has 0 bridgehead atoms. The summed E-state index contributed by atoms with van der Waals surface area (Å²) in [6.07, 6.45) is 2.68. The van der Waals surface area contributed by atoms with Crippen molar-refractivity contribution in [1.29, 1.82) is 0 Å². The zero-order valence-electron chi connectivity index (χ0n) is 17.4. The number of halogens is 1. The largest absolute Gasteiger partial charge is 0.377 e. The molecule has 1 fully saturated rings. The van der Waals surface area contributed by atoms with Gasteiger partial charge >= 0.3 is 0 Å². The first-order chi connectivity index (χ1) is 13.2. The first-order valence-electron chi connectivity index (χ1n) is 10.1. The molecule has 1 amide bonds. The number of hydrogen-bond acceptors (Lipinski definition) is 3. The molecule has 2 N–H and O–H groups in total. The van der Waals surface area contributed by atoms with E-state index in [0.717, 1.165) is 38.4 Å². The highest BCUT2D eigenvalue weighted by atomic mass is 127. The molecule has 0 aromatic heterocycles. The number of nitrogens with one attached hydrogen (secondary N) is 2. The van der Waals surface area contributed by atoms with Crippen LogP contribution in [0.3, 0.4) is 0 Å². The number of carbonyl (C=O) groups excluding carboxylic acids is 1. The first-order valence-corrected chi connectivity index (χ1v) is 10.1. The van der Waals surface area contributed by atoms with Crippen molar-refractivity contribution in [3.63, 3.8) is 0 Å². The molecule has 1 heterocycles. The van der Waals surface area contributed by atoms with Gasteiger partial charge in [0.25, 0.3) is 0 Å². The van der Waals surface area contributed by atoms with Gasteiger partial charge in [0, 0.05) is 39.7 Å². The van der Waals surface area contributed by atoms with E-state index in [1.165, 1.54) is 11.1 Å². The number of aliphatic imine (C=N–C) groups is 1. The van der Waals surface area contributed by atoms with Gasteiger partial charge < -0.3 is 20.3 Å². The van der Waals surface area contributed by atoms with Crippen molar-refractivity contribution in [1.82, 2.24) is 15.5 Å². The van der Waals surface area contributed by atoms with Crippen LogP contribution in [0.15, 0.2) is 29.3 Å². The van der Waals surface area contributed by atoms with Gasteiger partial charge in [0.2, 0.25) is 5.91 Å². The zero-order chi connectivity index (χ0) is 19.5. The molecule has 0 aliphatic carbocycles. The molecule has 0 atom stereocenters. The lowest BCUT2D eigenvalue weighted by Gasteiger charge is -2.34. The fraction of sp³-hybridized carbons (Fsp3) is 0.619. The molecule has 0 radical (unpaired) electrons. The van der Waals surface area contributed by atoms with Gasteiger partial charge in [-0.15, -0.1) is 24.0 Å². The van der Waals surface area contributed by atoms with Gasteiger partial charge in [-0.3, -0.25) is 4.79 Å². The molecule has 1 saturated heterocycles. The van der Waals surface area contributed by atoms with Crippen LogP contribution in [-0.2, 0) is 22.7 Å². The summed E-state index contributed by atoms with van der Waals surface area (Å²) in [5.41, 5.74) is 2.40. The second-order valence-electron chi connectivity index (χ2n) is 6.88. The van der Waals surface area contributed by atoms with Crippen LogP contribution in [0, 0.1) is 5.92 Å². The molecule has 1 aliphatic heterocycles. The van der Waals surface area contributed by atoms with Gasteiger partial charge in [-0.25, -0.2) is 4.99 Å². The highest BCUT2D eigenvalue weighted by Gasteiger charge is 2.23. The zero-order valence-corrected chi connectivity index (χ0v) is 19.7. The van der Waals surface area contributed by atoms with Gasteiger partial charge in [-0.2, -0.15) is 0 Å². The minimum absolute atomic E-state index is 0. The summed E-state index contributed by atoms with van der Waals surface area (Å²) in [7, 11) is 1.71. The monoisotopic (exact) mass is 502 g/mol. The molecule has 28 heavy (non-hydrogen) atoms. The van der Waals surface area contributed by atoms with Crippen LogP contribution in [0.25, 0.3) is 0 Å². The summed E-state index contributed by atoms with van der Waals surface area (Å²) in [5.74, 6) is 1.57. The van der Waals surface area contributed by atoms with Crippen LogP contribution in [0.5, 0.6) is 0 Å². The number of hydrogen-bond donors (Lipinski definition) is 2. The molecule has 7 heteroatoms. The van der Waals surface area contributed by atoms with E-state index in [4.69, 9.17) is 9.73 Å². The summed E-state index contributed by atoms with van der Waals surface area (Å²) in [6, 6.07) is 8.33. The molecule has 0 saturated carbocycles. The lowest BCUT2D eigenvalue weighted by Crippen LogP contribution is -2.46. The average molecular weight is 502 g/mol. The average Bonchev–Trinajstić information content (AvgIpc) is 2.70. The Labute approximate surface area is 186 Å². The summed E-state index contributed by atoms with van der Waals surface area (Å²) >= 11 is 0. The Balaban J connectivity index is 0.00000392.